The smallest absolute Gasteiger partial charge is 0.306 e. The molecule has 1 aliphatic rings. The number of esters is 1. The molecule has 5 heteroatoms. The topological polar surface area (TPSA) is 51.5 Å². The Morgan fingerprint density at radius 2 is 1.92 bits per heavy atom. The number of fused-ring (bicyclic) bond motifs is 1. The van der Waals surface area contributed by atoms with Gasteiger partial charge in [0.2, 0.25) is 5.91 Å². The van der Waals surface area contributed by atoms with Crippen LogP contribution in [0.4, 0.5) is 0 Å². The minimum Gasteiger partial charge on any atom is -0.466 e. The summed E-state index contributed by atoms with van der Waals surface area (Å²) in [6, 6.07) is 12.1. The first kappa shape index (κ1) is 17.3. The zero-order chi connectivity index (χ0) is 17.8. The Labute approximate surface area is 148 Å². The average Bonchev–Trinajstić information content (AvgIpc) is 3.08. The molecular formula is C20H24N2O3. The molecule has 0 aliphatic carbocycles. The lowest BCUT2D eigenvalue weighted by Crippen LogP contribution is -2.42. The molecule has 1 atom stereocenters. The third-order valence-electron chi connectivity index (χ3n) is 4.69. The number of benzene rings is 1. The highest BCUT2D eigenvalue weighted by Crippen LogP contribution is 2.34. The number of aryl methyl sites for hydroxylation is 1. The minimum atomic E-state index is -0.316. The first-order valence-corrected chi connectivity index (χ1v) is 8.77. The Bertz CT molecular complexity index is 766. The van der Waals surface area contributed by atoms with Crippen molar-refractivity contribution in [3.8, 4) is 0 Å². The van der Waals surface area contributed by atoms with Crippen molar-refractivity contribution in [2.45, 2.75) is 39.3 Å². The molecule has 1 aromatic heterocycles. The van der Waals surface area contributed by atoms with E-state index < -0.39 is 0 Å². The van der Waals surface area contributed by atoms with Crippen molar-refractivity contribution in [1.29, 1.82) is 0 Å². The molecule has 0 saturated carbocycles. The van der Waals surface area contributed by atoms with Crippen LogP contribution < -0.4 is 0 Å². The van der Waals surface area contributed by atoms with Crippen molar-refractivity contribution in [2.75, 3.05) is 13.2 Å². The Balaban J connectivity index is 1.86. The fourth-order valence-corrected chi connectivity index (χ4v) is 3.46. The van der Waals surface area contributed by atoms with Crippen molar-refractivity contribution in [1.82, 2.24) is 9.47 Å². The molecule has 1 aliphatic heterocycles. The highest BCUT2D eigenvalue weighted by Gasteiger charge is 2.32. The summed E-state index contributed by atoms with van der Waals surface area (Å²) in [7, 11) is 0. The van der Waals surface area contributed by atoms with E-state index in [1.54, 1.807) is 6.92 Å². The van der Waals surface area contributed by atoms with Gasteiger partial charge in [-0.2, -0.15) is 0 Å². The standard InChI is InChI=1S/C20H24N2O3/c1-3-25-19(24)11-10-18(23)22-14-13-21-12-6-9-17(21)20(22)16-8-5-4-7-15(16)2/h4-9,12,20H,3,10-11,13-14H2,1-2H3. The monoisotopic (exact) mass is 340 g/mol. The molecule has 0 saturated heterocycles. The maximum Gasteiger partial charge on any atom is 0.306 e. The Morgan fingerprint density at radius 1 is 1.12 bits per heavy atom. The van der Waals surface area contributed by atoms with Gasteiger partial charge in [-0.15, -0.1) is 0 Å². The van der Waals surface area contributed by atoms with Gasteiger partial charge in [0.1, 0.15) is 0 Å². The maximum atomic E-state index is 12.8. The molecule has 25 heavy (non-hydrogen) atoms. The third kappa shape index (κ3) is 3.60. The van der Waals surface area contributed by atoms with E-state index in [4.69, 9.17) is 4.74 Å². The lowest BCUT2D eigenvalue weighted by Gasteiger charge is -2.38. The number of carbonyl (C=O) groups excluding carboxylic acids is 2. The number of nitrogens with zero attached hydrogens (tertiary/aromatic N) is 2. The van der Waals surface area contributed by atoms with Crippen LogP contribution in [0.5, 0.6) is 0 Å². The molecule has 1 amide bonds. The number of amides is 1. The summed E-state index contributed by atoms with van der Waals surface area (Å²) in [5.41, 5.74) is 3.40. The van der Waals surface area contributed by atoms with Gasteiger partial charge < -0.3 is 14.2 Å². The summed E-state index contributed by atoms with van der Waals surface area (Å²) >= 11 is 0. The maximum absolute atomic E-state index is 12.8. The number of rotatable bonds is 5. The number of ether oxygens (including phenoxy) is 1. The van der Waals surface area contributed by atoms with Crippen LogP contribution in [0.3, 0.4) is 0 Å². The van der Waals surface area contributed by atoms with Gasteiger partial charge in [0.05, 0.1) is 19.1 Å². The van der Waals surface area contributed by atoms with Gasteiger partial charge in [-0.25, -0.2) is 0 Å². The number of aromatic nitrogens is 1. The van der Waals surface area contributed by atoms with Crippen LogP contribution in [-0.4, -0.2) is 34.5 Å². The van der Waals surface area contributed by atoms with Crippen molar-refractivity contribution in [2.24, 2.45) is 0 Å². The second-order valence-corrected chi connectivity index (χ2v) is 6.28. The van der Waals surface area contributed by atoms with Crippen LogP contribution in [0, 0.1) is 6.92 Å². The van der Waals surface area contributed by atoms with E-state index in [0.29, 0.717) is 13.2 Å². The van der Waals surface area contributed by atoms with Gasteiger partial charge in [-0.05, 0) is 37.1 Å². The molecule has 132 valence electrons. The Morgan fingerprint density at radius 3 is 2.68 bits per heavy atom. The second kappa shape index (κ2) is 7.55. The quantitative estimate of drug-likeness (QED) is 0.786. The first-order valence-electron chi connectivity index (χ1n) is 8.77. The molecule has 2 heterocycles. The number of hydrogen-bond acceptors (Lipinski definition) is 3. The van der Waals surface area contributed by atoms with Crippen LogP contribution in [0.15, 0.2) is 42.6 Å². The Hall–Kier alpha value is -2.56. The molecule has 0 N–H and O–H groups in total. The first-order chi connectivity index (χ1) is 12.1. The summed E-state index contributed by atoms with van der Waals surface area (Å²) in [4.78, 5) is 26.3. The number of hydrogen-bond donors (Lipinski definition) is 0. The van der Waals surface area contributed by atoms with Crippen LogP contribution in [0.25, 0.3) is 0 Å². The molecule has 1 aromatic carbocycles. The molecule has 0 spiro atoms. The van der Waals surface area contributed by atoms with Crippen LogP contribution in [0.1, 0.15) is 42.6 Å². The fraction of sp³-hybridized carbons (Fsp3) is 0.400. The van der Waals surface area contributed by atoms with Gasteiger partial charge in [0, 0.05) is 31.4 Å². The predicted octanol–water partition coefficient (Wildman–Crippen LogP) is 3.07. The average molecular weight is 340 g/mol. The molecule has 0 fully saturated rings. The summed E-state index contributed by atoms with van der Waals surface area (Å²) in [5.74, 6) is -0.322. The summed E-state index contributed by atoms with van der Waals surface area (Å²) in [6.07, 6.45) is 2.37. The molecule has 1 unspecified atom stereocenters. The highest BCUT2D eigenvalue weighted by atomic mass is 16.5. The van der Waals surface area contributed by atoms with Crippen LogP contribution in [-0.2, 0) is 20.9 Å². The van der Waals surface area contributed by atoms with E-state index in [1.807, 2.05) is 23.1 Å². The van der Waals surface area contributed by atoms with Crippen molar-refractivity contribution >= 4 is 11.9 Å². The zero-order valence-electron chi connectivity index (χ0n) is 14.8. The normalized spacial score (nSPS) is 16.4. The largest absolute Gasteiger partial charge is 0.466 e. The van der Waals surface area contributed by atoms with E-state index >= 15 is 0 Å². The van der Waals surface area contributed by atoms with Crippen LogP contribution >= 0.6 is 0 Å². The van der Waals surface area contributed by atoms with Crippen molar-refractivity contribution in [3.05, 3.63) is 59.4 Å². The predicted molar refractivity (Wildman–Crippen MR) is 95.0 cm³/mol. The van der Waals surface area contributed by atoms with Crippen molar-refractivity contribution < 1.29 is 14.3 Å². The molecular weight excluding hydrogens is 316 g/mol. The van der Waals surface area contributed by atoms with E-state index in [-0.39, 0.29) is 30.8 Å². The van der Waals surface area contributed by atoms with Gasteiger partial charge in [-0.3, -0.25) is 9.59 Å². The fourth-order valence-electron chi connectivity index (χ4n) is 3.46. The van der Waals surface area contributed by atoms with E-state index in [0.717, 1.165) is 23.4 Å². The summed E-state index contributed by atoms with van der Waals surface area (Å²) in [5, 5.41) is 0. The third-order valence-corrected chi connectivity index (χ3v) is 4.69. The SMILES string of the molecule is CCOC(=O)CCC(=O)N1CCn2cccc2C1c1ccccc1C. The van der Waals surface area contributed by atoms with Crippen LogP contribution in [0.2, 0.25) is 0 Å². The molecule has 0 radical (unpaired) electrons. The van der Waals surface area contributed by atoms with Gasteiger partial charge >= 0.3 is 5.97 Å². The molecule has 3 rings (SSSR count). The van der Waals surface area contributed by atoms with Gasteiger partial charge in [0.25, 0.3) is 0 Å². The van der Waals surface area contributed by atoms with E-state index in [1.165, 1.54) is 0 Å². The summed E-state index contributed by atoms with van der Waals surface area (Å²) < 4.78 is 7.14. The highest BCUT2D eigenvalue weighted by molar-refractivity contribution is 5.82. The summed E-state index contributed by atoms with van der Waals surface area (Å²) in [6.45, 7) is 5.60. The van der Waals surface area contributed by atoms with Gasteiger partial charge in [0.15, 0.2) is 0 Å². The van der Waals surface area contributed by atoms with E-state index in [9.17, 15) is 9.59 Å². The molecule has 2 aromatic rings. The van der Waals surface area contributed by atoms with Gasteiger partial charge in [-0.1, -0.05) is 24.3 Å². The molecule has 5 nitrogen and oxygen atoms in total. The lowest BCUT2D eigenvalue weighted by atomic mass is 9.95. The number of carbonyl (C=O) groups is 2. The Kier molecular flexibility index (Phi) is 5.22. The second-order valence-electron chi connectivity index (χ2n) is 6.28. The zero-order valence-corrected chi connectivity index (χ0v) is 14.8. The lowest BCUT2D eigenvalue weighted by molar-refractivity contribution is -0.146. The van der Waals surface area contributed by atoms with E-state index in [2.05, 4.69) is 35.9 Å². The molecule has 0 bridgehead atoms. The minimum absolute atomic E-state index is 0.00578. The van der Waals surface area contributed by atoms with Crippen molar-refractivity contribution in [3.63, 3.8) is 0 Å².